The van der Waals surface area contributed by atoms with Crippen LogP contribution in [0.4, 0.5) is 0 Å². The predicted octanol–water partition coefficient (Wildman–Crippen LogP) is 4.69. The molecule has 1 saturated carbocycles. The van der Waals surface area contributed by atoms with Crippen LogP contribution in [0.5, 0.6) is 11.5 Å². The first-order valence-corrected chi connectivity index (χ1v) is 12.4. The van der Waals surface area contributed by atoms with E-state index < -0.39 is 0 Å². The summed E-state index contributed by atoms with van der Waals surface area (Å²) < 4.78 is 5.81. The predicted molar refractivity (Wildman–Crippen MR) is 127 cm³/mol. The topological polar surface area (TPSA) is 44.8 Å². The molecular formula is C27H35N3O2. The Kier molecular flexibility index (Phi) is 6.75. The first-order chi connectivity index (χ1) is 15.7. The summed E-state index contributed by atoms with van der Waals surface area (Å²) in [5.41, 5.74) is 0.691. The molecule has 0 atom stereocenters. The molecule has 0 unspecified atom stereocenters. The number of nitrogens with one attached hydrogen (secondary N) is 1. The van der Waals surface area contributed by atoms with Crippen molar-refractivity contribution in [2.24, 2.45) is 0 Å². The van der Waals surface area contributed by atoms with Crippen LogP contribution in [-0.4, -0.2) is 60.0 Å². The van der Waals surface area contributed by atoms with Gasteiger partial charge in [-0.1, -0.05) is 24.6 Å². The Morgan fingerprint density at radius 3 is 2.06 bits per heavy atom. The summed E-state index contributed by atoms with van der Waals surface area (Å²) in [4.78, 5) is 18.0. The summed E-state index contributed by atoms with van der Waals surface area (Å²) in [7, 11) is 0. The molecule has 2 aromatic carbocycles. The van der Waals surface area contributed by atoms with E-state index in [1.807, 2.05) is 54.6 Å². The van der Waals surface area contributed by atoms with E-state index in [0.29, 0.717) is 17.6 Å². The molecule has 5 nitrogen and oxygen atoms in total. The summed E-state index contributed by atoms with van der Waals surface area (Å²) >= 11 is 0. The maximum absolute atomic E-state index is 12.6. The zero-order valence-corrected chi connectivity index (χ0v) is 18.9. The highest BCUT2D eigenvalue weighted by molar-refractivity contribution is 5.94. The number of benzene rings is 2. The van der Waals surface area contributed by atoms with Gasteiger partial charge in [0.25, 0.3) is 5.91 Å². The fourth-order valence-corrected chi connectivity index (χ4v) is 5.47. The second-order valence-electron chi connectivity index (χ2n) is 9.60. The van der Waals surface area contributed by atoms with Crippen molar-refractivity contribution in [2.45, 2.75) is 63.1 Å². The minimum atomic E-state index is 0.0171. The Morgan fingerprint density at radius 2 is 1.38 bits per heavy atom. The van der Waals surface area contributed by atoms with Gasteiger partial charge in [0.2, 0.25) is 0 Å². The first-order valence-electron chi connectivity index (χ1n) is 12.4. The molecule has 2 heterocycles. The van der Waals surface area contributed by atoms with E-state index >= 15 is 0 Å². The van der Waals surface area contributed by atoms with Crippen molar-refractivity contribution >= 4 is 5.91 Å². The zero-order chi connectivity index (χ0) is 21.8. The van der Waals surface area contributed by atoms with Gasteiger partial charge in [0.1, 0.15) is 11.5 Å². The summed E-state index contributed by atoms with van der Waals surface area (Å²) in [6.07, 6.45) is 8.95. The molecule has 1 N–H and O–H groups in total. The van der Waals surface area contributed by atoms with Crippen molar-refractivity contribution in [3.05, 3.63) is 60.2 Å². The number of para-hydroxylation sites is 1. The van der Waals surface area contributed by atoms with E-state index in [1.54, 1.807) is 0 Å². The molecule has 5 rings (SSSR count). The summed E-state index contributed by atoms with van der Waals surface area (Å²) in [5.74, 6) is 1.55. The van der Waals surface area contributed by atoms with Gasteiger partial charge in [0, 0.05) is 23.7 Å². The van der Waals surface area contributed by atoms with Gasteiger partial charge >= 0.3 is 0 Å². The van der Waals surface area contributed by atoms with Gasteiger partial charge in [-0.05, 0) is 101 Å². The van der Waals surface area contributed by atoms with Crippen LogP contribution >= 0.6 is 0 Å². The smallest absolute Gasteiger partial charge is 0.251 e. The first kappa shape index (κ1) is 21.5. The number of rotatable bonds is 6. The number of carbonyl (C=O) groups excluding carboxylic acids is 1. The largest absolute Gasteiger partial charge is 0.457 e. The summed E-state index contributed by atoms with van der Waals surface area (Å²) in [5, 5.41) is 3.22. The van der Waals surface area contributed by atoms with E-state index in [9.17, 15) is 4.79 Å². The van der Waals surface area contributed by atoms with Crippen LogP contribution < -0.4 is 10.1 Å². The Bertz CT molecular complexity index is 866. The lowest BCUT2D eigenvalue weighted by Crippen LogP contribution is -2.57. The van der Waals surface area contributed by atoms with Crippen LogP contribution in [0.15, 0.2) is 54.6 Å². The number of hydrogen-bond donors (Lipinski definition) is 1. The summed E-state index contributed by atoms with van der Waals surface area (Å²) in [6.45, 7) is 5.05. The van der Waals surface area contributed by atoms with Gasteiger partial charge in [-0.15, -0.1) is 0 Å². The standard InChI is InChI=1S/C27H35N3O2/c31-27(21-9-11-26(12-10-21)32-25-7-3-1-4-8-25)28-22-19-24(20-22)30-17-13-23(14-18-30)29-15-5-2-6-16-29/h1,3-4,7-12,22-24H,2,5-6,13-20H2,(H,28,31). The van der Waals surface area contributed by atoms with Gasteiger partial charge in [0.15, 0.2) is 0 Å². The van der Waals surface area contributed by atoms with Crippen molar-refractivity contribution in [3.63, 3.8) is 0 Å². The maximum Gasteiger partial charge on any atom is 0.251 e. The van der Waals surface area contributed by atoms with E-state index in [-0.39, 0.29) is 5.91 Å². The zero-order valence-electron chi connectivity index (χ0n) is 18.9. The van der Waals surface area contributed by atoms with E-state index in [0.717, 1.165) is 30.4 Å². The molecule has 3 aliphatic rings. The number of piperidine rings is 2. The molecular weight excluding hydrogens is 398 g/mol. The molecule has 2 saturated heterocycles. The van der Waals surface area contributed by atoms with Crippen LogP contribution in [0, 0.1) is 0 Å². The molecule has 0 aromatic heterocycles. The highest BCUT2D eigenvalue weighted by Gasteiger charge is 2.37. The highest BCUT2D eigenvalue weighted by Crippen LogP contribution is 2.30. The lowest BCUT2D eigenvalue weighted by molar-refractivity contribution is 0.0357. The minimum absolute atomic E-state index is 0.0171. The molecule has 1 aliphatic carbocycles. The van der Waals surface area contributed by atoms with Crippen LogP contribution in [0.3, 0.4) is 0 Å². The SMILES string of the molecule is O=C(NC1CC(N2CCC(N3CCCCC3)CC2)C1)c1ccc(Oc2ccccc2)cc1. The molecule has 0 bridgehead atoms. The van der Waals surface area contributed by atoms with Crippen molar-refractivity contribution in [1.82, 2.24) is 15.1 Å². The quantitative estimate of drug-likeness (QED) is 0.718. The monoisotopic (exact) mass is 433 g/mol. The molecule has 3 fully saturated rings. The second kappa shape index (κ2) is 10.1. The number of amides is 1. The van der Waals surface area contributed by atoms with Crippen molar-refractivity contribution < 1.29 is 9.53 Å². The average Bonchev–Trinajstić information content (AvgIpc) is 2.83. The Morgan fingerprint density at radius 1 is 0.750 bits per heavy atom. The van der Waals surface area contributed by atoms with E-state index in [2.05, 4.69) is 15.1 Å². The van der Waals surface area contributed by atoms with Gasteiger partial charge in [-0.25, -0.2) is 0 Å². The lowest BCUT2D eigenvalue weighted by Gasteiger charge is -2.47. The lowest BCUT2D eigenvalue weighted by atomic mass is 9.83. The number of nitrogens with zero attached hydrogens (tertiary/aromatic N) is 2. The molecule has 1 amide bonds. The number of likely N-dealkylation sites (tertiary alicyclic amines) is 2. The van der Waals surface area contributed by atoms with Crippen LogP contribution in [0.25, 0.3) is 0 Å². The fraction of sp³-hybridized carbons (Fsp3) is 0.519. The third kappa shape index (κ3) is 5.16. The average molecular weight is 434 g/mol. The van der Waals surface area contributed by atoms with E-state index in [1.165, 1.54) is 58.3 Å². The fourth-order valence-electron chi connectivity index (χ4n) is 5.47. The maximum atomic E-state index is 12.6. The van der Waals surface area contributed by atoms with E-state index in [4.69, 9.17) is 4.74 Å². The van der Waals surface area contributed by atoms with Crippen molar-refractivity contribution in [2.75, 3.05) is 26.2 Å². The van der Waals surface area contributed by atoms with Gasteiger partial charge in [-0.2, -0.15) is 0 Å². The number of carbonyl (C=O) groups is 1. The number of ether oxygens (including phenoxy) is 1. The number of hydrogen-bond acceptors (Lipinski definition) is 4. The normalized spacial score (nSPS) is 25.1. The molecule has 32 heavy (non-hydrogen) atoms. The molecule has 2 aromatic rings. The van der Waals surface area contributed by atoms with Crippen molar-refractivity contribution in [1.29, 1.82) is 0 Å². The van der Waals surface area contributed by atoms with Crippen LogP contribution in [-0.2, 0) is 0 Å². The molecule has 0 radical (unpaired) electrons. The van der Waals surface area contributed by atoms with Crippen molar-refractivity contribution in [3.8, 4) is 11.5 Å². The van der Waals surface area contributed by atoms with Gasteiger partial charge < -0.3 is 19.9 Å². The molecule has 0 spiro atoms. The van der Waals surface area contributed by atoms with Gasteiger partial charge in [0.05, 0.1) is 0 Å². The third-order valence-electron chi connectivity index (χ3n) is 7.47. The highest BCUT2D eigenvalue weighted by atomic mass is 16.5. The summed E-state index contributed by atoms with van der Waals surface area (Å²) in [6, 6.07) is 18.8. The Hall–Kier alpha value is -2.37. The molecule has 5 heteroatoms. The molecule has 170 valence electrons. The van der Waals surface area contributed by atoms with Crippen LogP contribution in [0.2, 0.25) is 0 Å². The second-order valence-corrected chi connectivity index (χ2v) is 9.60. The minimum Gasteiger partial charge on any atom is -0.457 e. The molecule has 2 aliphatic heterocycles. The third-order valence-corrected chi connectivity index (χ3v) is 7.47. The Balaban J connectivity index is 1.04. The van der Waals surface area contributed by atoms with Gasteiger partial charge in [-0.3, -0.25) is 4.79 Å². The van der Waals surface area contributed by atoms with Crippen LogP contribution in [0.1, 0.15) is 55.3 Å². The Labute approximate surface area is 191 Å².